The Hall–Kier alpha value is -1.25. The number of aliphatic carboxylic acids is 1. The van der Waals surface area contributed by atoms with Crippen molar-refractivity contribution in [3.05, 3.63) is 0 Å². The molecule has 7 nitrogen and oxygen atoms in total. The first-order valence-corrected chi connectivity index (χ1v) is 13.6. The topological polar surface area (TPSA) is 127 Å². The number of fused-ring (bicyclic) bond motifs is 5. The molecule has 0 heterocycles. The zero-order valence-corrected chi connectivity index (χ0v) is 21.3. The van der Waals surface area contributed by atoms with Gasteiger partial charge in [-0.2, -0.15) is 0 Å². The maximum absolute atomic E-state index is 13.3. The number of alkyl halides is 1. The third kappa shape index (κ3) is 4.63. The minimum absolute atomic E-state index is 0.0391. The quantitative estimate of drug-likeness (QED) is 0.368. The molecular formula is C27H44FNO6. The third-order valence-corrected chi connectivity index (χ3v) is 11.1. The molecule has 4 fully saturated rings. The molecular weight excluding hydrogens is 453 g/mol. The van der Waals surface area contributed by atoms with Crippen LogP contribution in [0.3, 0.4) is 0 Å². The number of hydrogen-bond acceptors (Lipinski definition) is 5. The van der Waals surface area contributed by atoms with Gasteiger partial charge < -0.3 is 25.7 Å². The maximum Gasteiger partial charge on any atom is 0.340 e. The van der Waals surface area contributed by atoms with Crippen LogP contribution < -0.4 is 5.32 Å². The van der Waals surface area contributed by atoms with Crippen LogP contribution in [0, 0.1) is 46.3 Å². The maximum atomic E-state index is 13.3. The smallest absolute Gasteiger partial charge is 0.340 e. The predicted molar refractivity (Wildman–Crippen MR) is 128 cm³/mol. The fraction of sp³-hybridized carbons (Fsp3) is 0.926. The Labute approximate surface area is 207 Å². The summed E-state index contributed by atoms with van der Waals surface area (Å²) in [6, 6.07) is 0. The highest BCUT2D eigenvalue weighted by atomic mass is 19.1. The van der Waals surface area contributed by atoms with Gasteiger partial charge >= 0.3 is 5.97 Å². The van der Waals surface area contributed by atoms with Crippen LogP contribution in [0.2, 0.25) is 0 Å². The van der Waals surface area contributed by atoms with Gasteiger partial charge in [0.2, 0.25) is 12.1 Å². The van der Waals surface area contributed by atoms with E-state index in [1.165, 1.54) is 0 Å². The second-order valence-corrected chi connectivity index (χ2v) is 12.7. The summed E-state index contributed by atoms with van der Waals surface area (Å²) in [5.74, 6) is -0.642. The van der Waals surface area contributed by atoms with Crippen molar-refractivity contribution in [3.63, 3.8) is 0 Å². The molecule has 200 valence electrons. The summed E-state index contributed by atoms with van der Waals surface area (Å²) < 4.78 is 13.3. The third-order valence-electron chi connectivity index (χ3n) is 11.1. The number of amides is 1. The van der Waals surface area contributed by atoms with Crippen molar-refractivity contribution < 1.29 is 34.4 Å². The second kappa shape index (κ2) is 9.90. The van der Waals surface area contributed by atoms with Gasteiger partial charge in [0.15, 0.2) is 0 Å². The normalized spacial score (nSPS) is 46.6. The Bertz CT molecular complexity index is 811. The number of carboxylic acid groups (broad SMARTS) is 1. The van der Waals surface area contributed by atoms with Gasteiger partial charge in [0.05, 0.1) is 24.9 Å². The number of nitrogens with one attached hydrogen (secondary N) is 1. The van der Waals surface area contributed by atoms with Crippen LogP contribution >= 0.6 is 0 Å². The number of carboxylic acids is 1. The van der Waals surface area contributed by atoms with Gasteiger partial charge in [0.25, 0.3) is 0 Å². The Kier molecular flexibility index (Phi) is 7.58. The highest BCUT2D eigenvalue weighted by molar-refractivity contribution is 5.78. The van der Waals surface area contributed by atoms with Crippen LogP contribution in [0.4, 0.5) is 4.39 Å². The molecule has 0 aromatic rings. The molecule has 5 N–H and O–H groups in total. The van der Waals surface area contributed by atoms with E-state index >= 15 is 0 Å². The predicted octanol–water partition coefficient (Wildman–Crippen LogP) is 2.90. The molecule has 4 aliphatic rings. The lowest BCUT2D eigenvalue weighted by Gasteiger charge is -2.63. The van der Waals surface area contributed by atoms with Gasteiger partial charge in [-0.25, -0.2) is 9.18 Å². The van der Waals surface area contributed by atoms with Crippen LogP contribution in [-0.2, 0) is 9.59 Å². The molecule has 8 heteroatoms. The number of carbonyl (C=O) groups is 2. The lowest BCUT2D eigenvalue weighted by molar-refractivity contribution is -0.207. The molecule has 0 aromatic heterocycles. The number of hydrogen-bond donors (Lipinski definition) is 5. The summed E-state index contributed by atoms with van der Waals surface area (Å²) in [6.45, 7) is 6.08. The Morgan fingerprint density at radius 1 is 1.06 bits per heavy atom. The summed E-state index contributed by atoms with van der Waals surface area (Å²) in [6.07, 6.45) is 3.28. The summed E-state index contributed by atoms with van der Waals surface area (Å²) in [5, 5.41) is 44.2. The summed E-state index contributed by atoms with van der Waals surface area (Å²) >= 11 is 0. The zero-order chi connectivity index (χ0) is 25.7. The molecule has 0 spiro atoms. The minimum Gasteiger partial charge on any atom is -0.479 e. The van der Waals surface area contributed by atoms with E-state index in [4.69, 9.17) is 5.11 Å². The van der Waals surface area contributed by atoms with E-state index in [2.05, 4.69) is 26.1 Å². The monoisotopic (exact) mass is 497 g/mol. The van der Waals surface area contributed by atoms with Crippen LogP contribution in [0.1, 0.15) is 78.6 Å². The molecule has 1 unspecified atom stereocenters. The van der Waals surface area contributed by atoms with Gasteiger partial charge in [-0.05, 0) is 97.7 Å². The van der Waals surface area contributed by atoms with Gasteiger partial charge in [0.1, 0.15) is 0 Å². The molecule has 12 atom stereocenters. The average Bonchev–Trinajstić information content (AvgIpc) is 3.16. The minimum atomic E-state index is -2.10. The molecule has 4 aliphatic carbocycles. The Balaban J connectivity index is 1.44. The molecule has 35 heavy (non-hydrogen) atoms. The van der Waals surface area contributed by atoms with Gasteiger partial charge in [-0.3, -0.25) is 4.79 Å². The van der Waals surface area contributed by atoms with E-state index in [0.717, 1.165) is 38.5 Å². The van der Waals surface area contributed by atoms with Crippen LogP contribution in [0.25, 0.3) is 0 Å². The van der Waals surface area contributed by atoms with E-state index < -0.39 is 30.9 Å². The van der Waals surface area contributed by atoms with Gasteiger partial charge in [0, 0.05) is 6.42 Å². The number of carbonyl (C=O) groups excluding carboxylic acids is 1. The lowest BCUT2D eigenvalue weighted by atomic mass is 9.43. The van der Waals surface area contributed by atoms with Crippen molar-refractivity contribution in [1.29, 1.82) is 0 Å². The molecule has 0 aromatic carbocycles. The van der Waals surface area contributed by atoms with Crippen LogP contribution in [0.5, 0.6) is 0 Å². The highest BCUT2D eigenvalue weighted by Crippen LogP contribution is 2.68. The number of halogens is 1. The molecule has 1 amide bonds. The van der Waals surface area contributed by atoms with Gasteiger partial charge in [-0.15, -0.1) is 0 Å². The summed E-state index contributed by atoms with van der Waals surface area (Å²) in [4.78, 5) is 22.8. The van der Waals surface area contributed by atoms with E-state index in [-0.39, 0.29) is 58.9 Å². The first-order chi connectivity index (χ1) is 16.4. The van der Waals surface area contributed by atoms with Crippen LogP contribution in [-0.4, -0.2) is 63.3 Å². The van der Waals surface area contributed by atoms with Crippen molar-refractivity contribution in [2.75, 3.05) is 6.54 Å². The number of rotatable bonds is 7. The van der Waals surface area contributed by atoms with Crippen molar-refractivity contribution in [2.24, 2.45) is 46.3 Å². The highest BCUT2D eigenvalue weighted by Gasteiger charge is 2.65. The average molecular weight is 498 g/mol. The van der Waals surface area contributed by atoms with E-state index in [0.29, 0.717) is 18.8 Å². The van der Waals surface area contributed by atoms with Crippen LogP contribution in [0.15, 0.2) is 0 Å². The second-order valence-electron chi connectivity index (χ2n) is 12.7. The van der Waals surface area contributed by atoms with Crippen molar-refractivity contribution in [1.82, 2.24) is 5.32 Å². The van der Waals surface area contributed by atoms with Gasteiger partial charge in [-0.1, -0.05) is 20.8 Å². The molecule has 4 saturated carbocycles. The molecule has 0 radical (unpaired) electrons. The SMILES string of the molecule is C[C@H](CCC(=O)NCC(F)C(=O)O)[C@H]1CC[C@H]2[C@@H]3[C@H](O)C[C@@H]4C[C@H](O)CC[C@]4(C)[C@H]3C[C@H](O)[C@]12C. The summed E-state index contributed by atoms with van der Waals surface area (Å²) in [7, 11) is 0. The summed E-state index contributed by atoms with van der Waals surface area (Å²) in [5.41, 5.74) is -0.291. The van der Waals surface area contributed by atoms with E-state index in [1.807, 2.05) is 0 Å². The van der Waals surface area contributed by atoms with E-state index in [9.17, 15) is 29.3 Å². The molecule has 4 rings (SSSR count). The van der Waals surface area contributed by atoms with Crippen molar-refractivity contribution in [3.8, 4) is 0 Å². The molecule has 0 saturated heterocycles. The Morgan fingerprint density at radius 2 is 1.77 bits per heavy atom. The first-order valence-electron chi connectivity index (χ1n) is 13.6. The fourth-order valence-electron chi connectivity index (χ4n) is 9.07. The fourth-order valence-corrected chi connectivity index (χ4v) is 9.07. The first kappa shape index (κ1) is 26.8. The Morgan fingerprint density at radius 3 is 2.46 bits per heavy atom. The standard InChI is InChI=1S/C27H44FNO6/c1-14(4-7-23(33)29-13-20(28)25(34)35)17-5-6-18-24-19(12-22(32)27(17,18)3)26(2)9-8-16(30)10-15(26)11-21(24)31/h14-22,24,30-32H,4-13H2,1-3H3,(H,29,33)(H,34,35)/t14-,15+,16-,17-,18+,19+,20?,21-,22+,24+,26+,27-/m1/s1. The number of aliphatic hydroxyl groups excluding tert-OH is 3. The van der Waals surface area contributed by atoms with Crippen molar-refractivity contribution in [2.45, 2.75) is 103 Å². The zero-order valence-electron chi connectivity index (χ0n) is 21.3. The largest absolute Gasteiger partial charge is 0.479 e. The molecule has 0 aliphatic heterocycles. The van der Waals surface area contributed by atoms with Crippen molar-refractivity contribution >= 4 is 11.9 Å². The molecule has 0 bridgehead atoms. The van der Waals surface area contributed by atoms with E-state index in [1.54, 1.807) is 0 Å². The lowest BCUT2D eigenvalue weighted by Crippen LogP contribution is -2.62. The number of aliphatic hydroxyl groups is 3.